The minimum Gasteiger partial charge on any atom is -0.294 e. The van der Waals surface area contributed by atoms with E-state index < -0.39 is 0 Å². The molecule has 0 radical (unpaired) electrons. The number of aromatic nitrogens is 4. The third-order valence-corrected chi connectivity index (χ3v) is 9.37. The van der Waals surface area contributed by atoms with Gasteiger partial charge in [-0.25, -0.2) is 18.7 Å². The Hall–Kier alpha value is -6.40. The number of hydrogen-bond acceptors (Lipinski definition) is 2. The molecule has 0 unspecified atom stereocenters. The minimum absolute atomic E-state index is 0.327. The van der Waals surface area contributed by atoms with Crippen molar-refractivity contribution in [2.75, 3.05) is 0 Å². The van der Waals surface area contributed by atoms with E-state index in [0.717, 1.165) is 65.7 Å². The molecule has 6 heteroatoms. The molecule has 0 spiro atoms. The maximum atomic E-state index is 14.5. The zero-order valence-corrected chi connectivity index (χ0v) is 25.4. The van der Waals surface area contributed by atoms with Crippen LogP contribution in [0.2, 0.25) is 0 Å². The summed E-state index contributed by atoms with van der Waals surface area (Å²) < 4.78 is 33.4. The van der Waals surface area contributed by atoms with Crippen molar-refractivity contribution in [1.29, 1.82) is 0 Å². The van der Waals surface area contributed by atoms with E-state index in [4.69, 9.17) is 9.97 Å². The van der Waals surface area contributed by atoms with Crippen LogP contribution in [0.25, 0.3) is 88.4 Å². The van der Waals surface area contributed by atoms with Gasteiger partial charge in [-0.1, -0.05) is 72.8 Å². The molecule has 0 aliphatic heterocycles. The van der Waals surface area contributed by atoms with Gasteiger partial charge < -0.3 is 0 Å². The molecule has 0 saturated heterocycles. The van der Waals surface area contributed by atoms with Gasteiger partial charge >= 0.3 is 0 Å². The smallest absolute Gasteiger partial charge is 0.146 e. The van der Waals surface area contributed by atoms with Crippen molar-refractivity contribution < 1.29 is 8.78 Å². The Kier molecular flexibility index (Phi) is 5.61. The molecular weight excluding hydrogens is 598 g/mol. The largest absolute Gasteiger partial charge is 0.294 e. The Morgan fingerprint density at radius 2 is 1.10 bits per heavy atom. The van der Waals surface area contributed by atoms with Gasteiger partial charge in [-0.3, -0.25) is 8.97 Å². The summed E-state index contributed by atoms with van der Waals surface area (Å²) >= 11 is 0. The van der Waals surface area contributed by atoms with Crippen LogP contribution in [0, 0.1) is 11.6 Å². The van der Waals surface area contributed by atoms with Crippen molar-refractivity contribution in [2.45, 2.75) is 0 Å². The zero-order chi connectivity index (χ0) is 31.9. The average Bonchev–Trinajstić information content (AvgIpc) is 3.68. The molecule has 0 saturated carbocycles. The lowest BCUT2D eigenvalue weighted by atomic mass is 10.00. The summed E-state index contributed by atoms with van der Waals surface area (Å²) in [5.74, 6) is -0.0231. The molecule has 4 heterocycles. The van der Waals surface area contributed by atoms with Crippen LogP contribution < -0.4 is 0 Å². The first-order valence-electron chi connectivity index (χ1n) is 15.8. The van der Waals surface area contributed by atoms with E-state index in [-0.39, 0.29) is 11.6 Å². The van der Waals surface area contributed by atoms with Gasteiger partial charge in [0.2, 0.25) is 0 Å². The highest BCUT2D eigenvalue weighted by Gasteiger charge is 2.21. The molecule has 0 amide bonds. The van der Waals surface area contributed by atoms with Crippen LogP contribution in [0.3, 0.4) is 0 Å². The summed E-state index contributed by atoms with van der Waals surface area (Å²) in [4.78, 5) is 10.3. The van der Waals surface area contributed by atoms with E-state index in [0.29, 0.717) is 22.6 Å². The van der Waals surface area contributed by atoms with Crippen LogP contribution in [0.5, 0.6) is 0 Å². The third kappa shape index (κ3) is 3.86. The first kappa shape index (κ1) is 26.8. The lowest BCUT2D eigenvalue weighted by Gasteiger charge is -2.14. The van der Waals surface area contributed by atoms with E-state index in [1.54, 1.807) is 12.1 Å². The van der Waals surface area contributed by atoms with Gasteiger partial charge in [0.25, 0.3) is 0 Å². The minimum atomic E-state index is -0.347. The quantitative estimate of drug-likeness (QED) is 0.184. The number of pyridine rings is 2. The number of hydrogen-bond donors (Lipinski definition) is 0. The molecule has 4 aromatic heterocycles. The lowest BCUT2D eigenvalue weighted by Crippen LogP contribution is -2.00. The van der Waals surface area contributed by atoms with Crippen molar-refractivity contribution in [3.05, 3.63) is 157 Å². The van der Waals surface area contributed by atoms with E-state index in [9.17, 15) is 8.78 Å². The summed E-state index contributed by atoms with van der Waals surface area (Å²) in [6.45, 7) is 0. The number of benzene rings is 6. The van der Waals surface area contributed by atoms with Crippen molar-refractivity contribution in [1.82, 2.24) is 18.9 Å². The highest BCUT2D eigenvalue weighted by molar-refractivity contribution is 6.30. The van der Waals surface area contributed by atoms with E-state index in [1.165, 1.54) is 24.3 Å². The van der Waals surface area contributed by atoms with Gasteiger partial charge in [-0.2, -0.15) is 0 Å². The SMILES string of the molecule is Fc1cccc(-c2cc(-c3cccc(F)c3)nc(-n3c4ccccc4c4c5c6ccccc6n6c7ccccc7nc6c5ccc43)c2)c1. The van der Waals surface area contributed by atoms with Crippen LogP contribution >= 0.6 is 0 Å². The molecule has 0 bridgehead atoms. The number of nitrogens with zero attached hydrogens (tertiary/aromatic N) is 4. The van der Waals surface area contributed by atoms with E-state index in [2.05, 4.69) is 81.8 Å². The molecule has 226 valence electrons. The standard InChI is InChI=1S/C42H24F2N4/c43-28-11-7-9-25(21-28)27-23-34(26-10-8-12-29(44)22-26)45-39(24-27)47-35-16-4-2-14-31(35)41-38(47)20-19-32-40(41)30-13-1-5-17-36(30)48-37-18-6-3-15-33(37)46-42(32)48/h1-24H. The summed E-state index contributed by atoms with van der Waals surface area (Å²) in [7, 11) is 0. The monoisotopic (exact) mass is 622 g/mol. The Morgan fingerprint density at radius 3 is 1.90 bits per heavy atom. The molecule has 0 aliphatic carbocycles. The predicted molar refractivity (Wildman–Crippen MR) is 191 cm³/mol. The number of imidazole rings is 1. The molecule has 0 N–H and O–H groups in total. The Morgan fingerprint density at radius 1 is 0.438 bits per heavy atom. The van der Waals surface area contributed by atoms with Gasteiger partial charge in [-0.05, 0) is 83.9 Å². The normalized spacial score (nSPS) is 12.0. The van der Waals surface area contributed by atoms with Crippen LogP contribution in [0.1, 0.15) is 0 Å². The van der Waals surface area contributed by atoms with Crippen molar-refractivity contribution in [3.8, 4) is 28.2 Å². The summed E-state index contributed by atoms with van der Waals surface area (Å²) in [6.07, 6.45) is 0. The fourth-order valence-electron chi connectivity index (χ4n) is 7.36. The molecule has 10 aromatic rings. The molecule has 10 rings (SSSR count). The molecule has 48 heavy (non-hydrogen) atoms. The topological polar surface area (TPSA) is 35.1 Å². The number of rotatable bonds is 3. The van der Waals surface area contributed by atoms with Gasteiger partial charge in [0, 0.05) is 32.5 Å². The van der Waals surface area contributed by atoms with Crippen molar-refractivity contribution >= 4 is 60.2 Å². The highest BCUT2D eigenvalue weighted by atomic mass is 19.1. The van der Waals surface area contributed by atoms with Gasteiger partial charge in [-0.15, -0.1) is 0 Å². The summed E-state index contributed by atoms with van der Waals surface area (Å²) in [5.41, 5.74) is 8.67. The van der Waals surface area contributed by atoms with Gasteiger partial charge in [0.05, 0.1) is 33.3 Å². The number of para-hydroxylation sites is 4. The maximum Gasteiger partial charge on any atom is 0.146 e. The molecule has 0 fully saturated rings. The first-order valence-corrected chi connectivity index (χ1v) is 15.8. The molecule has 4 nitrogen and oxygen atoms in total. The molecule has 6 aromatic carbocycles. The second kappa shape index (κ2) is 10.0. The van der Waals surface area contributed by atoms with Gasteiger partial charge in [0.1, 0.15) is 23.1 Å². The van der Waals surface area contributed by atoms with Gasteiger partial charge in [0.15, 0.2) is 0 Å². The van der Waals surface area contributed by atoms with Crippen LogP contribution in [-0.4, -0.2) is 18.9 Å². The van der Waals surface area contributed by atoms with Crippen LogP contribution in [0.15, 0.2) is 146 Å². The summed E-state index contributed by atoms with van der Waals surface area (Å²) in [5, 5.41) is 5.47. The fraction of sp³-hybridized carbons (Fsp3) is 0. The van der Waals surface area contributed by atoms with Crippen molar-refractivity contribution in [2.24, 2.45) is 0 Å². The Labute approximate surface area is 272 Å². The van der Waals surface area contributed by atoms with Crippen molar-refractivity contribution in [3.63, 3.8) is 0 Å². The first-order chi connectivity index (χ1) is 23.6. The highest BCUT2D eigenvalue weighted by Crippen LogP contribution is 2.42. The van der Waals surface area contributed by atoms with Crippen LogP contribution in [-0.2, 0) is 0 Å². The third-order valence-electron chi connectivity index (χ3n) is 9.37. The molecule has 0 aliphatic rings. The number of fused-ring (bicyclic) bond motifs is 12. The zero-order valence-electron chi connectivity index (χ0n) is 25.4. The van der Waals surface area contributed by atoms with Crippen LogP contribution in [0.4, 0.5) is 8.78 Å². The Balaban J connectivity index is 1.36. The Bertz CT molecular complexity index is 2870. The predicted octanol–water partition coefficient (Wildman–Crippen LogP) is 10.9. The average molecular weight is 623 g/mol. The number of halogens is 2. The second-order valence-electron chi connectivity index (χ2n) is 12.1. The summed E-state index contributed by atoms with van der Waals surface area (Å²) in [6, 6.07) is 46.2. The van der Waals surface area contributed by atoms with E-state index >= 15 is 0 Å². The molecule has 0 atom stereocenters. The fourth-order valence-corrected chi connectivity index (χ4v) is 7.36. The lowest BCUT2D eigenvalue weighted by molar-refractivity contribution is 0.628. The van der Waals surface area contributed by atoms with E-state index in [1.807, 2.05) is 36.4 Å². The molecular formula is C42H24F2N4. The second-order valence-corrected chi connectivity index (χ2v) is 12.1. The maximum absolute atomic E-state index is 14.5.